The van der Waals surface area contributed by atoms with E-state index in [1.54, 1.807) is 24.4 Å². The van der Waals surface area contributed by atoms with Gasteiger partial charge >= 0.3 is 0 Å². The second kappa shape index (κ2) is 3.48. The maximum Gasteiger partial charge on any atom is 0.280 e. The predicted octanol–water partition coefficient (Wildman–Crippen LogP) is 2.69. The SMILES string of the molecule is O=[N+]([O-])c1ccnc2c1ccc1ncccc12. The molecule has 5 heteroatoms. The molecule has 5 nitrogen and oxygen atoms in total. The van der Waals surface area contributed by atoms with E-state index in [4.69, 9.17) is 0 Å². The lowest BCUT2D eigenvalue weighted by Gasteiger charge is -2.02. The number of fused-ring (bicyclic) bond motifs is 3. The van der Waals surface area contributed by atoms with E-state index >= 15 is 0 Å². The van der Waals surface area contributed by atoms with Gasteiger partial charge in [0.15, 0.2) is 0 Å². The second-order valence-corrected chi connectivity index (χ2v) is 3.62. The van der Waals surface area contributed by atoms with Gasteiger partial charge in [-0.25, -0.2) is 0 Å². The maximum absolute atomic E-state index is 10.9. The molecule has 2 heterocycles. The minimum absolute atomic E-state index is 0.0701. The molecule has 82 valence electrons. The molecule has 0 aliphatic rings. The fourth-order valence-corrected chi connectivity index (χ4v) is 1.91. The van der Waals surface area contributed by atoms with Gasteiger partial charge in [0.05, 0.1) is 21.3 Å². The number of nitro groups is 1. The van der Waals surface area contributed by atoms with Gasteiger partial charge in [0.2, 0.25) is 0 Å². The van der Waals surface area contributed by atoms with E-state index in [-0.39, 0.29) is 5.69 Å². The van der Waals surface area contributed by atoms with Gasteiger partial charge in [-0.1, -0.05) is 0 Å². The normalized spacial score (nSPS) is 10.8. The molecule has 3 rings (SSSR count). The molecule has 0 atom stereocenters. The molecule has 2 aromatic heterocycles. The quantitative estimate of drug-likeness (QED) is 0.362. The van der Waals surface area contributed by atoms with Gasteiger partial charge < -0.3 is 0 Å². The van der Waals surface area contributed by atoms with Crippen LogP contribution in [0.1, 0.15) is 0 Å². The zero-order valence-electron chi connectivity index (χ0n) is 8.70. The van der Waals surface area contributed by atoms with Crippen molar-refractivity contribution in [2.75, 3.05) is 0 Å². The van der Waals surface area contributed by atoms with Crippen molar-refractivity contribution in [1.82, 2.24) is 9.97 Å². The zero-order valence-corrected chi connectivity index (χ0v) is 8.70. The summed E-state index contributed by atoms with van der Waals surface area (Å²) in [5.74, 6) is 0. The van der Waals surface area contributed by atoms with Crippen LogP contribution >= 0.6 is 0 Å². The number of hydrogen-bond acceptors (Lipinski definition) is 4. The molecule has 0 unspecified atom stereocenters. The van der Waals surface area contributed by atoms with Crippen molar-refractivity contribution < 1.29 is 4.92 Å². The van der Waals surface area contributed by atoms with Crippen LogP contribution in [0.3, 0.4) is 0 Å². The average Bonchev–Trinajstić information content (AvgIpc) is 2.37. The van der Waals surface area contributed by atoms with E-state index in [1.165, 1.54) is 12.3 Å². The predicted molar refractivity (Wildman–Crippen MR) is 63.7 cm³/mol. The monoisotopic (exact) mass is 225 g/mol. The topological polar surface area (TPSA) is 68.9 Å². The van der Waals surface area contributed by atoms with Crippen LogP contribution in [-0.2, 0) is 0 Å². The molecule has 17 heavy (non-hydrogen) atoms. The van der Waals surface area contributed by atoms with Crippen LogP contribution in [0.25, 0.3) is 21.8 Å². The summed E-state index contributed by atoms with van der Waals surface area (Å²) in [5, 5.41) is 12.3. The number of pyridine rings is 2. The summed E-state index contributed by atoms with van der Waals surface area (Å²) in [7, 11) is 0. The summed E-state index contributed by atoms with van der Waals surface area (Å²) >= 11 is 0. The van der Waals surface area contributed by atoms with Crippen LogP contribution in [0.4, 0.5) is 5.69 Å². The van der Waals surface area contributed by atoms with Crippen LogP contribution in [-0.4, -0.2) is 14.9 Å². The summed E-state index contributed by atoms with van der Waals surface area (Å²) in [6.45, 7) is 0. The van der Waals surface area contributed by atoms with E-state index in [1.807, 2.05) is 6.07 Å². The summed E-state index contributed by atoms with van der Waals surface area (Å²) < 4.78 is 0. The highest BCUT2D eigenvalue weighted by Crippen LogP contribution is 2.28. The fraction of sp³-hybridized carbons (Fsp3) is 0. The van der Waals surface area contributed by atoms with Gasteiger partial charge in [0, 0.05) is 23.8 Å². The Bertz CT molecular complexity index is 740. The highest BCUT2D eigenvalue weighted by molar-refractivity contribution is 6.06. The van der Waals surface area contributed by atoms with Gasteiger partial charge in [-0.3, -0.25) is 20.1 Å². The molecular weight excluding hydrogens is 218 g/mol. The molecule has 0 aliphatic carbocycles. The van der Waals surface area contributed by atoms with Crippen LogP contribution in [0.2, 0.25) is 0 Å². The molecule has 0 bridgehead atoms. The zero-order chi connectivity index (χ0) is 11.8. The van der Waals surface area contributed by atoms with Crippen LogP contribution in [0.5, 0.6) is 0 Å². The van der Waals surface area contributed by atoms with Gasteiger partial charge in [0.1, 0.15) is 0 Å². The molecule has 0 radical (unpaired) electrons. The van der Waals surface area contributed by atoms with Crippen LogP contribution in [0.15, 0.2) is 42.7 Å². The molecular formula is C12H7N3O2. The van der Waals surface area contributed by atoms with Crippen LogP contribution < -0.4 is 0 Å². The Kier molecular flexibility index (Phi) is 1.98. The smallest absolute Gasteiger partial charge is 0.258 e. The van der Waals surface area contributed by atoms with Crippen molar-refractivity contribution in [3.05, 3.63) is 52.8 Å². The van der Waals surface area contributed by atoms with Crippen LogP contribution in [0, 0.1) is 10.1 Å². The van der Waals surface area contributed by atoms with Gasteiger partial charge in [0.25, 0.3) is 5.69 Å². The Morgan fingerprint density at radius 1 is 1.00 bits per heavy atom. The third-order valence-electron chi connectivity index (χ3n) is 2.67. The number of benzene rings is 1. The third-order valence-corrected chi connectivity index (χ3v) is 2.67. The largest absolute Gasteiger partial charge is 0.280 e. The van der Waals surface area contributed by atoms with Gasteiger partial charge in [-0.05, 0) is 24.3 Å². The van der Waals surface area contributed by atoms with Crippen molar-refractivity contribution in [1.29, 1.82) is 0 Å². The minimum atomic E-state index is -0.397. The number of rotatable bonds is 1. The Labute approximate surface area is 95.9 Å². The number of hydrogen-bond donors (Lipinski definition) is 0. The van der Waals surface area contributed by atoms with E-state index in [0.717, 1.165) is 10.9 Å². The maximum atomic E-state index is 10.9. The molecule has 0 fully saturated rings. The Morgan fingerprint density at radius 2 is 1.88 bits per heavy atom. The molecule has 0 saturated heterocycles. The molecule has 1 aromatic carbocycles. The van der Waals surface area contributed by atoms with Gasteiger partial charge in [-0.2, -0.15) is 0 Å². The first-order valence-corrected chi connectivity index (χ1v) is 5.04. The lowest BCUT2D eigenvalue weighted by Crippen LogP contribution is -1.91. The second-order valence-electron chi connectivity index (χ2n) is 3.62. The summed E-state index contributed by atoms with van der Waals surface area (Å²) in [4.78, 5) is 18.9. The lowest BCUT2D eigenvalue weighted by molar-refractivity contribution is -0.383. The van der Waals surface area contributed by atoms with Crippen molar-refractivity contribution >= 4 is 27.5 Å². The van der Waals surface area contributed by atoms with E-state index in [9.17, 15) is 10.1 Å². The first-order chi connectivity index (χ1) is 8.27. The molecule has 0 saturated carbocycles. The standard InChI is InChI=1S/C12H7N3O2/c16-15(17)11-5-7-14-12-8-2-1-6-13-10(8)4-3-9(11)12/h1-7H. The first-order valence-electron chi connectivity index (χ1n) is 5.04. The van der Waals surface area contributed by atoms with Crippen molar-refractivity contribution in [3.8, 4) is 0 Å². The van der Waals surface area contributed by atoms with Crippen molar-refractivity contribution in [2.24, 2.45) is 0 Å². The molecule has 0 spiro atoms. The molecule has 0 aliphatic heterocycles. The fourth-order valence-electron chi connectivity index (χ4n) is 1.91. The summed E-state index contributed by atoms with van der Waals surface area (Å²) in [6, 6.07) is 8.52. The van der Waals surface area contributed by atoms with E-state index < -0.39 is 4.92 Å². The Balaban J connectivity index is 2.52. The average molecular weight is 225 g/mol. The summed E-state index contributed by atoms with van der Waals surface area (Å²) in [6.07, 6.45) is 3.14. The Morgan fingerprint density at radius 3 is 2.71 bits per heavy atom. The van der Waals surface area contributed by atoms with E-state index in [0.29, 0.717) is 10.9 Å². The third kappa shape index (κ3) is 1.40. The number of nitrogens with zero attached hydrogens (tertiary/aromatic N) is 3. The van der Waals surface area contributed by atoms with E-state index in [2.05, 4.69) is 9.97 Å². The highest BCUT2D eigenvalue weighted by Gasteiger charge is 2.13. The van der Waals surface area contributed by atoms with Gasteiger partial charge in [-0.15, -0.1) is 0 Å². The molecule has 0 amide bonds. The first kappa shape index (κ1) is 9.65. The molecule has 3 aromatic rings. The summed E-state index contributed by atoms with van der Waals surface area (Å²) in [5.41, 5.74) is 1.47. The van der Waals surface area contributed by atoms with Crippen molar-refractivity contribution in [2.45, 2.75) is 0 Å². The molecule has 0 N–H and O–H groups in total. The number of aromatic nitrogens is 2. The highest BCUT2D eigenvalue weighted by atomic mass is 16.6. The lowest BCUT2D eigenvalue weighted by atomic mass is 10.1. The Hall–Kier alpha value is -2.56. The van der Waals surface area contributed by atoms with Crippen molar-refractivity contribution in [3.63, 3.8) is 0 Å². The minimum Gasteiger partial charge on any atom is -0.258 e.